The lowest BCUT2D eigenvalue weighted by Crippen LogP contribution is -2.46. The maximum atomic E-state index is 14.6. The fourth-order valence-corrected chi connectivity index (χ4v) is 4.49. The third-order valence-corrected chi connectivity index (χ3v) is 6.37. The largest absolute Gasteiger partial charge is 0.481 e. The second kappa shape index (κ2) is 10.1. The number of anilines is 1. The molecule has 0 saturated heterocycles. The van der Waals surface area contributed by atoms with Crippen LogP contribution in [0.15, 0.2) is 47.3 Å². The number of pyridine rings is 1. The number of amides is 1. The molecule has 0 saturated carbocycles. The summed E-state index contributed by atoms with van der Waals surface area (Å²) in [6, 6.07) is 8.13. The minimum atomic E-state index is -1.25. The number of halogens is 3. The molecule has 0 unspecified atom stereocenters. The van der Waals surface area contributed by atoms with E-state index >= 15 is 0 Å². The molecule has 3 N–H and O–H groups in total. The van der Waals surface area contributed by atoms with Gasteiger partial charge in [-0.05, 0) is 23.8 Å². The lowest BCUT2D eigenvalue weighted by molar-refractivity contribution is -0.119. The van der Waals surface area contributed by atoms with Gasteiger partial charge in [0.15, 0.2) is 0 Å². The summed E-state index contributed by atoms with van der Waals surface area (Å²) in [4.78, 5) is 30.5. The molecule has 1 atom stereocenters. The Morgan fingerprint density at radius 3 is 2.46 bits per heavy atom. The molecule has 2 heterocycles. The van der Waals surface area contributed by atoms with Gasteiger partial charge in [-0.15, -0.1) is 6.42 Å². The third-order valence-electron chi connectivity index (χ3n) is 6.37. The van der Waals surface area contributed by atoms with Crippen molar-refractivity contribution < 1.29 is 22.7 Å². The summed E-state index contributed by atoms with van der Waals surface area (Å²) < 4.78 is 47.6. The van der Waals surface area contributed by atoms with Gasteiger partial charge in [-0.2, -0.15) is 0 Å². The Kier molecular flexibility index (Phi) is 7.14. The van der Waals surface area contributed by atoms with E-state index in [1.54, 1.807) is 18.2 Å². The number of fused-ring (bicyclic) bond motifs is 1. The number of nitrogens with zero attached hydrogens (tertiary/aromatic N) is 1. The number of terminal acetylenes is 1. The Hall–Kier alpha value is -4.03. The number of benzene rings is 2. The van der Waals surface area contributed by atoms with Crippen LogP contribution < -0.4 is 20.9 Å². The zero-order valence-electron chi connectivity index (χ0n) is 20.4. The zero-order chi connectivity index (χ0) is 26.9. The Morgan fingerprint density at radius 1 is 1.19 bits per heavy atom. The number of hydrogen-bond acceptors (Lipinski definition) is 4. The van der Waals surface area contributed by atoms with Crippen molar-refractivity contribution in [1.29, 1.82) is 0 Å². The molecule has 37 heavy (non-hydrogen) atoms. The number of H-pyrrole nitrogens is 1. The number of carbonyl (C=O) groups excluding carboxylic acids is 1. The molecule has 192 valence electrons. The van der Waals surface area contributed by atoms with Crippen LogP contribution in [0.5, 0.6) is 5.75 Å². The lowest BCUT2D eigenvalue weighted by Gasteiger charge is -2.24. The number of hydrogen-bond donors (Lipinski definition) is 2. The van der Waals surface area contributed by atoms with Crippen LogP contribution in [0.1, 0.15) is 36.2 Å². The highest BCUT2D eigenvalue weighted by Gasteiger charge is 2.41. The molecule has 0 radical (unpaired) electrons. The molecule has 0 bridgehead atoms. The van der Waals surface area contributed by atoms with Gasteiger partial charge in [0.25, 0.3) is 5.56 Å². The van der Waals surface area contributed by atoms with E-state index in [2.05, 4.69) is 10.9 Å². The summed E-state index contributed by atoms with van der Waals surface area (Å²) in [5, 5.41) is 0. The fourth-order valence-electron chi connectivity index (χ4n) is 4.49. The van der Waals surface area contributed by atoms with Gasteiger partial charge in [0.1, 0.15) is 29.8 Å². The molecular weight excluding hydrogens is 483 g/mol. The van der Waals surface area contributed by atoms with E-state index in [1.807, 2.05) is 13.8 Å². The Morgan fingerprint density at radius 2 is 1.84 bits per heavy atom. The van der Waals surface area contributed by atoms with E-state index in [9.17, 15) is 22.8 Å². The number of rotatable bonds is 7. The number of aromatic nitrogens is 1. The maximum absolute atomic E-state index is 14.6. The van der Waals surface area contributed by atoms with Crippen LogP contribution in [0, 0.1) is 29.8 Å². The molecule has 4 rings (SSSR count). The number of nitrogens with two attached hydrogens (primary N) is 1. The standard InChI is InChI=1S/C28H26F3N3O3/c1-4-9-37-19-12-21(30)20(22(31)13-19)14-23(32)27(36)34-15-28(2,3)25-24(34)11-17(26(35)33-25)10-16-5-7-18(29)8-6-16/h1,5-8,11-13,23H,9-10,14-15,32H2,2-3H3,(H,33,35)/t23-/m0/s1. The molecule has 1 amide bonds. The predicted molar refractivity (Wildman–Crippen MR) is 134 cm³/mol. The minimum Gasteiger partial charge on any atom is -0.481 e. The first-order valence-corrected chi connectivity index (χ1v) is 11.6. The van der Waals surface area contributed by atoms with Crippen LogP contribution in [0.2, 0.25) is 0 Å². The van der Waals surface area contributed by atoms with Gasteiger partial charge >= 0.3 is 0 Å². The van der Waals surface area contributed by atoms with Gasteiger partial charge in [0, 0.05) is 53.8 Å². The van der Waals surface area contributed by atoms with Crippen LogP contribution >= 0.6 is 0 Å². The topological polar surface area (TPSA) is 88.4 Å². The van der Waals surface area contributed by atoms with E-state index in [4.69, 9.17) is 16.9 Å². The summed E-state index contributed by atoms with van der Waals surface area (Å²) in [5.74, 6) is -0.584. The summed E-state index contributed by atoms with van der Waals surface area (Å²) in [7, 11) is 0. The van der Waals surface area contributed by atoms with Gasteiger partial charge in [0.2, 0.25) is 5.91 Å². The maximum Gasteiger partial charge on any atom is 0.251 e. The molecule has 2 aromatic carbocycles. The van der Waals surface area contributed by atoms with Gasteiger partial charge in [-0.25, -0.2) is 13.2 Å². The van der Waals surface area contributed by atoms with Gasteiger partial charge in [-0.3, -0.25) is 9.59 Å². The van der Waals surface area contributed by atoms with E-state index in [1.165, 1.54) is 17.0 Å². The highest BCUT2D eigenvalue weighted by atomic mass is 19.1. The summed E-state index contributed by atoms with van der Waals surface area (Å²) in [5.41, 5.74) is 7.04. The van der Waals surface area contributed by atoms with Crippen LogP contribution in [0.25, 0.3) is 0 Å². The van der Waals surface area contributed by atoms with Crippen molar-refractivity contribution in [3.63, 3.8) is 0 Å². The van der Waals surface area contributed by atoms with E-state index < -0.39 is 29.0 Å². The SMILES string of the molecule is C#CCOc1cc(F)c(C[C@H](N)C(=O)N2CC(C)(C)c3[nH]c(=O)c(Cc4ccc(F)cc4)cc32)c(F)c1. The summed E-state index contributed by atoms with van der Waals surface area (Å²) in [6.07, 6.45) is 4.94. The van der Waals surface area contributed by atoms with Crippen molar-refractivity contribution in [2.24, 2.45) is 5.73 Å². The first-order chi connectivity index (χ1) is 17.5. The van der Waals surface area contributed by atoms with E-state index in [-0.39, 0.29) is 48.7 Å². The Labute approximate surface area is 212 Å². The molecule has 3 aromatic rings. The molecule has 1 aromatic heterocycles. The molecule has 0 aliphatic carbocycles. The fraction of sp³-hybridized carbons (Fsp3) is 0.286. The first kappa shape index (κ1) is 26.0. The smallest absolute Gasteiger partial charge is 0.251 e. The quantitative estimate of drug-likeness (QED) is 0.477. The molecule has 1 aliphatic heterocycles. The van der Waals surface area contributed by atoms with Crippen molar-refractivity contribution in [3.8, 4) is 18.1 Å². The zero-order valence-corrected chi connectivity index (χ0v) is 20.4. The van der Waals surface area contributed by atoms with Crippen molar-refractivity contribution in [1.82, 2.24) is 4.98 Å². The second-order valence-corrected chi connectivity index (χ2v) is 9.66. The first-order valence-electron chi connectivity index (χ1n) is 11.6. The average molecular weight is 510 g/mol. The molecule has 0 spiro atoms. The minimum absolute atomic E-state index is 0.0653. The van der Waals surface area contributed by atoms with Gasteiger partial charge < -0.3 is 20.4 Å². The van der Waals surface area contributed by atoms with Crippen LogP contribution in [0.3, 0.4) is 0 Å². The molecule has 9 heteroatoms. The highest BCUT2D eigenvalue weighted by molar-refractivity contribution is 5.99. The van der Waals surface area contributed by atoms with Crippen LogP contribution in [-0.2, 0) is 23.1 Å². The Bertz CT molecular complexity index is 1420. The van der Waals surface area contributed by atoms with Crippen molar-refractivity contribution in [2.75, 3.05) is 18.1 Å². The number of ether oxygens (including phenoxy) is 1. The van der Waals surface area contributed by atoms with Gasteiger partial charge in [-0.1, -0.05) is 31.9 Å². The van der Waals surface area contributed by atoms with Crippen LogP contribution in [-0.4, -0.2) is 30.1 Å². The van der Waals surface area contributed by atoms with E-state index in [0.29, 0.717) is 16.9 Å². The van der Waals surface area contributed by atoms with Crippen molar-refractivity contribution in [2.45, 2.75) is 38.1 Å². The molecule has 0 fully saturated rings. The third kappa shape index (κ3) is 5.39. The molecule has 1 aliphatic rings. The monoisotopic (exact) mass is 509 g/mol. The van der Waals surface area contributed by atoms with E-state index in [0.717, 1.165) is 17.7 Å². The average Bonchev–Trinajstić information content (AvgIpc) is 3.10. The summed E-state index contributed by atoms with van der Waals surface area (Å²) in [6.45, 7) is 3.81. The van der Waals surface area contributed by atoms with Gasteiger partial charge in [0.05, 0.1) is 11.7 Å². The van der Waals surface area contributed by atoms with Crippen LogP contribution in [0.4, 0.5) is 18.9 Å². The Balaban J connectivity index is 1.60. The van der Waals surface area contributed by atoms with Crippen molar-refractivity contribution in [3.05, 3.63) is 92.7 Å². The lowest BCUT2D eigenvalue weighted by atomic mass is 9.91. The molecular formula is C28H26F3N3O3. The highest BCUT2D eigenvalue weighted by Crippen LogP contribution is 2.39. The number of carbonyl (C=O) groups is 1. The number of aromatic amines is 1. The summed E-state index contributed by atoms with van der Waals surface area (Å²) >= 11 is 0. The second-order valence-electron chi connectivity index (χ2n) is 9.66. The number of nitrogens with one attached hydrogen (secondary N) is 1. The van der Waals surface area contributed by atoms with Crippen molar-refractivity contribution >= 4 is 11.6 Å². The normalized spacial score (nSPS) is 14.7. The molecule has 6 nitrogen and oxygen atoms in total. The predicted octanol–water partition coefficient (Wildman–Crippen LogP) is 3.59.